The summed E-state index contributed by atoms with van der Waals surface area (Å²) in [5, 5.41) is 1.45. The van der Waals surface area contributed by atoms with Crippen LogP contribution in [0.1, 0.15) is 28.4 Å². The lowest BCUT2D eigenvalue weighted by Crippen LogP contribution is -2.25. The number of rotatable bonds is 13. The summed E-state index contributed by atoms with van der Waals surface area (Å²) in [7, 11) is 0. The summed E-state index contributed by atoms with van der Waals surface area (Å²) in [6.07, 6.45) is -0.851. The highest BCUT2D eigenvalue weighted by Gasteiger charge is 2.19. The zero-order chi connectivity index (χ0) is 31.6. The summed E-state index contributed by atoms with van der Waals surface area (Å²) in [5.74, 6) is 0. The monoisotopic (exact) mass is 644 g/mol. The van der Waals surface area contributed by atoms with Gasteiger partial charge in [-0.05, 0) is 68.8 Å². The van der Waals surface area contributed by atoms with Crippen molar-refractivity contribution in [3.05, 3.63) is 190 Å². The first-order chi connectivity index (χ1) is 22.6. The van der Waals surface area contributed by atoms with Crippen LogP contribution in [0.4, 0.5) is 0 Å². The molecule has 230 valence electrons. The molecule has 0 unspecified atom stereocenters. The van der Waals surface area contributed by atoms with Gasteiger partial charge in [-0.1, -0.05) is 157 Å². The molecule has 46 heavy (non-hydrogen) atoms. The second kappa shape index (κ2) is 15.9. The summed E-state index contributed by atoms with van der Waals surface area (Å²) < 4.78 is 19.3. The smallest absolute Gasteiger partial charge is 0.181 e. The number of hydrogen-bond donors (Lipinski definition) is 0. The highest BCUT2D eigenvalue weighted by molar-refractivity contribution is 6.30. The predicted octanol–water partition coefficient (Wildman–Crippen LogP) is 11.2. The zero-order valence-electron chi connectivity index (χ0n) is 25.3. The van der Waals surface area contributed by atoms with E-state index in [2.05, 4.69) is 72.8 Å². The Hall–Kier alpha value is -4.22. The Morgan fingerprint density at radius 3 is 1.11 bits per heavy atom. The molecule has 6 aromatic carbocycles. The lowest BCUT2D eigenvalue weighted by atomic mass is 10.0. The molecule has 0 radical (unpaired) electrons. The molecule has 0 heterocycles. The van der Waals surface area contributed by atoms with Crippen molar-refractivity contribution in [3.63, 3.8) is 0 Å². The molecule has 6 rings (SSSR count). The van der Waals surface area contributed by atoms with Crippen molar-refractivity contribution in [2.45, 2.75) is 25.6 Å². The molecular formula is C41H34Cl2O3. The van der Waals surface area contributed by atoms with Gasteiger partial charge in [0.05, 0.1) is 19.8 Å². The fourth-order valence-electron chi connectivity index (χ4n) is 5.21. The number of benzene rings is 6. The number of ether oxygens (including phenoxy) is 3. The minimum absolute atomic E-state index is 0.250. The van der Waals surface area contributed by atoms with E-state index in [0.29, 0.717) is 13.2 Å². The average molecular weight is 646 g/mol. The first-order valence-electron chi connectivity index (χ1n) is 15.3. The Kier molecular flexibility index (Phi) is 10.9. The molecule has 3 nitrogen and oxygen atoms in total. The molecule has 0 aliphatic carbocycles. The van der Waals surface area contributed by atoms with Gasteiger partial charge in [0.1, 0.15) is 6.10 Å². The lowest BCUT2D eigenvalue weighted by molar-refractivity contribution is -0.190. The normalized spacial score (nSPS) is 11.3. The molecule has 0 atom stereocenters. The van der Waals surface area contributed by atoms with Crippen molar-refractivity contribution in [3.8, 4) is 22.3 Å². The average Bonchev–Trinajstić information content (AvgIpc) is 3.11. The van der Waals surface area contributed by atoms with E-state index in [1.807, 2.05) is 84.9 Å². The highest BCUT2D eigenvalue weighted by atomic mass is 35.5. The van der Waals surface area contributed by atoms with E-state index in [-0.39, 0.29) is 12.7 Å². The van der Waals surface area contributed by atoms with Crippen LogP contribution >= 0.6 is 23.2 Å². The van der Waals surface area contributed by atoms with Gasteiger partial charge >= 0.3 is 0 Å². The summed E-state index contributed by atoms with van der Waals surface area (Å²) in [6, 6.07) is 52.8. The number of hydrogen-bond acceptors (Lipinski definition) is 3. The maximum absolute atomic E-state index is 6.55. The van der Waals surface area contributed by atoms with Crippen molar-refractivity contribution in [2.75, 3.05) is 6.61 Å². The fraction of sp³-hybridized carbons (Fsp3) is 0.122. The summed E-state index contributed by atoms with van der Waals surface area (Å²) >= 11 is 12.1. The quantitative estimate of drug-likeness (QED) is 0.117. The van der Waals surface area contributed by atoms with Crippen molar-refractivity contribution >= 4 is 23.2 Å². The van der Waals surface area contributed by atoms with Gasteiger partial charge in [0.25, 0.3) is 0 Å². The van der Waals surface area contributed by atoms with Gasteiger partial charge in [-0.25, -0.2) is 0 Å². The van der Waals surface area contributed by atoms with Crippen LogP contribution in [-0.2, 0) is 27.4 Å². The van der Waals surface area contributed by atoms with E-state index in [4.69, 9.17) is 37.4 Å². The van der Waals surface area contributed by atoms with Gasteiger partial charge in [-0.15, -0.1) is 0 Å². The zero-order valence-corrected chi connectivity index (χ0v) is 26.8. The van der Waals surface area contributed by atoms with E-state index < -0.39 is 6.29 Å². The molecular weight excluding hydrogens is 611 g/mol. The van der Waals surface area contributed by atoms with Crippen LogP contribution in [0, 0.1) is 0 Å². The molecule has 0 aliphatic rings. The molecule has 0 amide bonds. The maximum atomic E-state index is 6.55. The SMILES string of the molecule is Clc1ccc(-c2ccc(COC(COC(c3ccccc3)c3ccccc3)OCc3ccc(-c4ccc(Cl)cc4)cc3)cc2)cc1. The molecule has 6 aromatic rings. The van der Waals surface area contributed by atoms with Crippen LogP contribution in [0.3, 0.4) is 0 Å². The molecule has 0 saturated heterocycles. The maximum Gasteiger partial charge on any atom is 0.181 e. The largest absolute Gasteiger partial charge is 0.364 e. The van der Waals surface area contributed by atoms with Crippen LogP contribution in [-0.4, -0.2) is 12.9 Å². The Labute approximate surface area is 280 Å². The van der Waals surface area contributed by atoms with E-state index in [1.165, 1.54) is 0 Å². The molecule has 0 fully saturated rings. The van der Waals surface area contributed by atoms with Crippen LogP contribution < -0.4 is 0 Å². The van der Waals surface area contributed by atoms with E-state index in [9.17, 15) is 0 Å². The molecule has 0 N–H and O–H groups in total. The van der Waals surface area contributed by atoms with Gasteiger partial charge < -0.3 is 14.2 Å². The fourth-order valence-corrected chi connectivity index (χ4v) is 5.46. The third-order valence-electron chi connectivity index (χ3n) is 7.74. The molecule has 0 spiro atoms. The van der Waals surface area contributed by atoms with Gasteiger partial charge in [0.2, 0.25) is 0 Å². The number of halogens is 2. The highest BCUT2D eigenvalue weighted by Crippen LogP contribution is 2.28. The van der Waals surface area contributed by atoms with E-state index >= 15 is 0 Å². The summed E-state index contributed by atoms with van der Waals surface area (Å²) in [6.45, 7) is 1.01. The van der Waals surface area contributed by atoms with Crippen LogP contribution in [0.25, 0.3) is 22.3 Å². The van der Waals surface area contributed by atoms with Crippen molar-refractivity contribution in [1.82, 2.24) is 0 Å². The van der Waals surface area contributed by atoms with E-state index in [1.54, 1.807) is 0 Å². The molecule has 5 heteroatoms. The summed E-state index contributed by atoms with van der Waals surface area (Å²) in [5.41, 5.74) is 8.69. The van der Waals surface area contributed by atoms with Crippen molar-refractivity contribution in [2.24, 2.45) is 0 Å². The third kappa shape index (κ3) is 8.73. The first kappa shape index (κ1) is 31.7. The Morgan fingerprint density at radius 1 is 0.391 bits per heavy atom. The second-order valence-electron chi connectivity index (χ2n) is 11.0. The molecule has 0 bridgehead atoms. The van der Waals surface area contributed by atoms with Gasteiger partial charge in [-0.2, -0.15) is 0 Å². The van der Waals surface area contributed by atoms with E-state index in [0.717, 1.165) is 54.6 Å². The molecule has 0 saturated carbocycles. The summed E-state index contributed by atoms with van der Waals surface area (Å²) in [4.78, 5) is 0. The van der Waals surface area contributed by atoms with Gasteiger partial charge in [0, 0.05) is 10.0 Å². The van der Waals surface area contributed by atoms with Gasteiger partial charge in [0.15, 0.2) is 6.29 Å². The Morgan fingerprint density at radius 2 is 0.739 bits per heavy atom. The standard InChI is InChI=1S/C41H34Cl2O3/c42-38-23-19-34(20-24-38)32-15-11-30(12-16-32)27-44-40(29-46-41(36-7-3-1-4-8-36)37-9-5-2-6-10-37)45-28-31-13-17-33(18-14-31)35-21-25-39(43)26-22-35/h1-26,40-41H,27-29H2. The Bertz CT molecular complexity index is 1640. The first-order valence-corrected chi connectivity index (χ1v) is 16.0. The van der Waals surface area contributed by atoms with Crippen molar-refractivity contribution < 1.29 is 14.2 Å². The molecule has 0 aliphatic heterocycles. The lowest BCUT2D eigenvalue weighted by Gasteiger charge is -2.24. The van der Waals surface area contributed by atoms with Crippen molar-refractivity contribution in [1.29, 1.82) is 0 Å². The Balaban J connectivity index is 1.15. The van der Waals surface area contributed by atoms with Gasteiger partial charge in [-0.3, -0.25) is 0 Å². The topological polar surface area (TPSA) is 27.7 Å². The molecule has 0 aromatic heterocycles. The van der Waals surface area contributed by atoms with Crippen LogP contribution in [0.15, 0.2) is 158 Å². The van der Waals surface area contributed by atoms with Crippen LogP contribution in [0.5, 0.6) is 0 Å². The second-order valence-corrected chi connectivity index (χ2v) is 11.9. The van der Waals surface area contributed by atoms with Crippen LogP contribution in [0.2, 0.25) is 10.0 Å². The third-order valence-corrected chi connectivity index (χ3v) is 8.24. The minimum Gasteiger partial charge on any atom is -0.364 e. The minimum atomic E-state index is -0.596. The predicted molar refractivity (Wildman–Crippen MR) is 188 cm³/mol.